The van der Waals surface area contributed by atoms with Crippen LogP contribution in [0.2, 0.25) is 0 Å². The van der Waals surface area contributed by atoms with Gasteiger partial charge in [-0.05, 0) is 62.7 Å². The Hall–Kier alpha value is -4.26. The van der Waals surface area contributed by atoms with E-state index < -0.39 is 0 Å². The smallest absolute Gasteiger partial charge is 0.248 e. The van der Waals surface area contributed by atoms with E-state index in [-0.39, 0.29) is 5.91 Å². The average Bonchev–Trinajstić information content (AvgIpc) is 3.12. The van der Waals surface area contributed by atoms with Crippen LogP contribution in [-0.4, -0.2) is 25.7 Å². The molecule has 2 aromatic carbocycles. The van der Waals surface area contributed by atoms with E-state index >= 15 is 0 Å². The van der Waals surface area contributed by atoms with E-state index in [4.69, 9.17) is 4.74 Å². The van der Waals surface area contributed by atoms with E-state index in [0.717, 1.165) is 17.0 Å². The van der Waals surface area contributed by atoms with Crippen molar-refractivity contribution >= 4 is 17.7 Å². The van der Waals surface area contributed by atoms with Crippen LogP contribution in [0.25, 0.3) is 11.9 Å². The topological polar surface area (TPSA) is 81.9 Å². The van der Waals surface area contributed by atoms with E-state index in [2.05, 4.69) is 20.4 Å². The second-order valence-corrected chi connectivity index (χ2v) is 7.31. The SMILES string of the molecule is Cc1cc(C)n(-c2cc(Oc3ccc(NC(=O)/C=C/c4ccccc4)cc3)nc(C)n2)n1. The standard InChI is InChI=1S/C25H23N5O2/c1-17-15-18(2)30(29-17)23-16-25(27-19(3)26-23)32-22-12-10-21(11-13-22)28-24(31)14-9-20-7-5-4-6-8-20/h4-16H,1-3H3,(H,28,31)/b14-9+. The molecule has 0 unspecified atom stereocenters. The average molecular weight is 425 g/mol. The lowest BCUT2D eigenvalue weighted by molar-refractivity contribution is -0.111. The first-order chi connectivity index (χ1) is 15.5. The number of hydrogen-bond acceptors (Lipinski definition) is 5. The third-order valence-electron chi connectivity index (χ3n) is 4.60. The van der Waals surface area contributed by atoms with Crippen molar-refractivity contribution in [1.82, 2.24) is 19.7 Å². The molecule has 4 rings (SSSR count). The maximum atomic E-state index is 12.1. The zero-order valence-electron chi connectivity index (χ0n) is 18.1. The number of aromatic nitrogens is 4. The first kappa shape index (κ1) is 21.0. The quantitative estimate of drug-likeness (QED) is 0.438. The van der Waals surface area contributed by atoms with E-state index in [1.165, 1.54) is 6.08 Å². The van der Waals surface area contributed by atoms with Gasteiger partial charge in [-0.3, -0.25) is 4.79 Å². The van der Waals surface area contributed by atoms with Gasteiger partial charge in [-0.25, -0.2) is 9.67 Å². The van der Waals surface area contributed by atoms with Gasteiger partial charge < -0.3 is 10.1 Å². The lowest BCUT2D eigenvalue weighted by atomic mass is 10.2. The monoisotopic (exact) mass is 425 g/mol. The van der Waals surface area contributed by atoms with Crippen LogP contribution in [0.3, 0.4) is 0 Å². The summed E-state index contributed by atoms with van der Waals surface area (Å²) in [6, 6.07) is 20.5. The number of anilines is 1. The first-order valence-electron chi connectivity index (χ1n) is 10.2. The van der Waals surface area contributed by atoms with Crippen molar-refractivity contribution in [2.75, 3.05) is 5.32 Å². The Kier molecular flexibility index (Phi) is 6.07. The summed E-state index contributed by atoms with van der Waals surface area (Å²) in [5.41, 5.74) is 3.53. The number of carbonyl (C=O) groups excluding carboxylic acids is 1. The van der Waals surface area contributed by atoms with Crippen molar-refractivity contribution < 1.29 is 9.53 Å². The molecule has 0 saturated heterocycles. The Bertz CT molecular complexity index is 1260. The molecule has 2 aromatic heterocycles. The van der Waals surface area contributed by atoms with Crippen molar-refractivity contribution in [3.05, 3.63) is 95.6 Å². The normalized spacial score (nSPS) is 11.0. The van der Waals surface area contributed by atoms with Gasteiger partial charge in [0, 0.05) is 23.5 Å². The highest BCUT2D eigenvalue weighted by atomic mass is 16.5. The lowest BCUT2D eigenvalue weighted by Gasteiger charge is -2.09. The van der Waals surface area contributed by atoms with E-state index in [0.29, 0.717) is 29.0 Å². The predicted octanol–water partition coefficient (Wildman–Crippen LogP) is 5.03. The van der Waals surface area contributed by atoms with Crippen LogP contribution in [0.5, 0.6) is 11.6 Å². The van der Waals surface area contributed by atoms with Crippen molar-refractivity contribution in [3.63, 3.8) is 0 Å². The Balaban J connectivity index is 1.43. The molecule has 160 valence electrons. The summed E-state index contributed by atoms with van der Waals surface area (Å²) in [5, 5.41) is 7.30. The Morgan fingerprint density at radius 3 is 2.41 bits per heavy atom. The van der Waals surface area contributed by atoms with Gasteiger partial charge in [0.2, 0.25) is 11.8 Å². The van der Waals surface area contributed by atoms with Crippen molar-refractivity contribution in [1.29, 1.82) is 0 Å². The van der Waals surface area contributed by atoms with Crippen molar-refractivity contribution in [2.45, 2.75) is 20.8 Å². The van der Waals surface area contributed by atoms with Gasteiger partial charge in [0.25, 0.3) is 0 Å². The molecule has 0 saturated carbocycles. The first-order valence-corrected chi connectivity index (χ1v) is 10.2. The Morgan fingerprint density at radius 2 is 1.72 bits per heavy atom. The van der Waals surface area contributed by atoms with Gasteiger partial charge in [-0.15, -0.1) is 0 Å². The second kappa shape index (κ2) is 9.26. The van der Waals surface area contributed by atoms with Gasteiger partial charge >= 0.3 is 0 Å². The fourth-order valence-corrected chi connectivity index (χ4v) is 3.19. The number of nitrogens with zero attached hydrogens (tertiary/aromatic N) is 4. The minimum absolute atomic E-state index is 0.205. The minimum Gasteiger partial charge on any atom is -0.439 e. The predicted molar refractivity (Wildman–Crippen MR) is 124 cm³/mol. The summed E-state index contributed by atoms with van der Waals surface area (Å²) in [6.45, 7) is 5.72. The molecule has 1 amide bonds. The summed E-state index contributed by atoms with van der Waals surface area (Å²) in [4.78, 5) is 21.0. The molecule has 0 spiro atoms. The highest BCUT2D eigenvalue weighted by Crippen LogP contribution is 2.23. The fourth-order valence-electron chi connectivity index (χ4n) is 3.19. The molecule has 0 bridgehead atoms. The van der Waals surface area contributed by atoms with Crippen LogP contribution in [0, 0.1) is 20.8 Å². The van der Waals surface area contributed by atoms with Crippen LogP contribution in [0.4, 0.5) is 5.69 Å². The maximum Gasteiger partial charge on any atom is 0.248 e. The number of rotatable bonds is 6. The largest absolute Gasteiger partial charge is 0.439 e. The molecule has 7 heteroatoms. The zero-order chi connectivity index (χ0) is 22.5. The molecule has 0 fully saturated rings. The van der Waals surface area contributed by atoms with E-state index in [1.54, 1.807) is 41.1 Å². The van der Waals surface area contributed by atoms with Crippen LogP contribution >= 0.6 is 0 Å². The van der Waals surface area contributed by atoms with Gasteiger partial charge in [0.15, 0.2) is 5.82 Å². The third kappa shape index (κ3) is 5.26. The number of carbonyl (C=O) groups is 1. The lowest BCUT2D eigenvalue weighted by Crippen LogP contribution is -2.07. The molecular weight excluding hydrogens is 402 g/mol. The molecule has 0 radical (unpaired) electrons. The van der Waals surface area contributed by atoms with Crippen molar-refractivity contribution in [3.8, 4) is 17.4 Å². The maximum absolute atomic E-state index is 12.1. The van der Waals surface area contributed by atoms with Crippen LogP contribution in [0.15, 0.2) is 72.8 Å². The molecule has 0 aliphatic carbocycles. The highest BCUT2D eigenvalue weighted by molar-refractivity contribution is 6.01. The summed E-state index contributed by atoms with van der Waals surface area (Å²) < 4.78 is 7.68. The van der Waals surface area contributed by atoms with Gasteiger partial charge in [0.1, 0.15) is 11.6 Å². The van der Waals surface area contributed by atoms with Crippen LogP contribution in [0.1, 0.15) is 22.8 Å². The molecule has 0 aliphatic heterocycles. The summed E-state index contributed by atoms with van der Waals surface area (Å²) in [5.74, 6) is 2.04. The number of aryl methyl sites for hydroxylation is 3. The molecule has 2 heterocycles. The van der Waals surface area contributed by atoms with Crippen molar-refractivity contribution in [2.24, 2.45) is 0 Å². The number of ether oxygens (including phenoxy) is 1. The zero-order valence-corrected chi connectivity index (χ0v) is 18.1. The summed E-state index contributed by atoms with van der Waals surface area (Å²) >= 11 is 0. The third-order valence-corrected chi connectivity index (χ3v) is 4.60. The van der Waals surface area contributed by atoms with Crippen LogP contribution in [-0.2, 0) is 4.79 Å². The summed E-state index contributed by atoms with van der Waals surface area (Å²) in [7, 11) is 0. The van der Waals surface area contributed by atoms with Gasteiger partial charge in [-0.1, -0.05) is 30.3 Å². The Labute approximate surface area is 186 Å². The molecule has 0 aliphatic rings. The molecule has 7 nitrogen and oxygen atoms in total. The van der Waals surface area contributed by atoms with Gasteiger partial charge in [0.05, 0.1) is 5.69 Å². The molecule has 4 aromatic rings. The number of hydrogen-bond donors (Lipinski definition) is 1. The van der Waals surface area contributed by atoms with Crippen LogP contribution < -0.4 is 10.1 Å². The highest BCUT2D eigenvalue weighted by Gasteiger charge is 2.10. The number of amides is 1. The Morgan fingerprint density at radius 1 is 0.969 bits per heavy atom. The van der Waals surface area contributed by atoms with E-state index in [1.807, 2.05) is 57.2 Å². The molecular formula is C25H23N5O2. The number of nitrogens with one attached hydrogen (secondary N) is 1. The molecule has 32 heavy (non-hydrogen) atoms. The molecule has 0 atom stereocenters. The molecule has 1 N–H and O–H groups in total. The van der Waals surface area contributed by atoms with Gasteiger partial charge in [-0.2, -0.15) is 10.1 Å². The fraction of sp³-hybridized carbons (Fsp3) is 0.120. The second-order valence-electron chi connectivity index (χ2n) is 7.31. The summed E-state index contributed by atoms with van der Waals surface area (Å²) in [6.07, 6.45) is 3.27. The minimum atomic E-state index is -0.205. The number of benzene rings is 2. The van der Waals surface area contributed by atoms with E-state index in [9.17, 15) is 4.79 Å².